The maximum absolute atomic E-state index is 12.4. The minimum Gasteiger partial charge on any atom is -0.468 e. The molecule has 2 aliphatic carbocycles. The lowest BCUT2D eigenvalue weighted by Gasteiger charge is -2.34. The van der Waals surface area contributed by atoms with Crippen molar-refractivity contribution in [1.29, 1.82) is 0 Å². The van der Waals surface area contributed by atoms with Crippen molar-refractivity contribution in [3.8, 4) is 0 Å². The monoisotopic (exact) mass is 277 g/mol. The molecule has 5 nitrogen and oxygen atoms in total. The van der Waals surface area contributed by atoms with Crippen LogP contribution in [-0.4, -0.2) is 34.2 Å². The Morgan fingerprint density at radius 2 is 2.35 bits per heavy atom. The Kier molecular flexibility index (Phi) is 3.78. The van der Waals surface area contributed by atoms with E-state index in [0.717, 1.165) is 32.2 Å². The lowest BCUT2D eigenvalue weighted by molar-refractivity contribution is -0.150. The van der Waals surface area contributed by atoms with Gasteiger partial charge in [0.05, 0.1) is 13.4 Å². The molecule has 0 saturated heterocycles. The van der Waals surface area contributed by atoms with E-state index in [1.54, 1.807) is 6.20 Å². The smallest absolute Gasteiger partial charge is 0.326 e. The van der Waals surface area contributed by atoms with E-state index >= 15 is 0 Å². The number of aromatic nitrogens is 2. The highest BCUT2D eigenvalue weighted by Gasteiger charge is 2.51. The molecule has 1 aromatic heterocycles. The number of imidazole rings is 1. The van der Waals surface area contributed by atoms with Crippen LogP contribution in [0, 0.1) is 5.92 Å². The molecule has 0 bridgehead atoms. The van der Waals surface area contributed by atoms with Gasteiger partial charge in [0.2, 0.25) is 0 Å². The van der Waals surface area contributed by atoms with E-state index in [1.807, 2.05) is 12.5 Å². The van der Waals surface area contributed by atoms with Crippen molar-refractivity contribution in [1.82, 2.24) is 14.9 Å². The molecule has 0 spiro atoms. The van der Waals surface area contributed by atoms with Crippen molar-refractivity contribution in [3.05, 3.63) is 18.7 Å². The lowest BCUT2D eigenvalue weighted by Crippen LogP contribution is -2.56. The summed E-state index contributed by atoms with van der Waals surface area (Å²) in [6.45, 7) is 0.912. The van der Waals surface area contributed by atoms with Gasteiger partial charge in [-0.05, 0) is 38.0 Å². The maximum Gasteiger partial charge on any atom is 0.326 e. The van der Waals surface area contributed by atoms with Crippen molar-refractivity contribution in [2.24, 2.45) is 5.92 Å². The van der Waals surface area contributed by atoms with Crippen LogP contribution in [0.5, 0.6) is 0 Å². The summed E-state index contributed by atoms with van der Waals surface area (Å²) in [6, 6.07) is 0.517. The summed E-state index contributed by atoms with van der Waals surface area (Å²) in [5.41, 5.74) is -0.448. The standard InChI is InChI=1S/C15H23N3O2/c1-20-14(19)15(17-13-4-5-13)7-2-3-12(15)6-9-18-10-8-16-11-18/h8,10-13,17H,2-7,9H2,1H3. The average Bonchev–Trinajstić information content (AvgIpc) is 2.96. The van der Waals surface area contributed by atoms with Crippen LogP contribution >= 0.6 is 0 Å². The predicted octanol–water partition coefficient (Wildman–Crippen LogP) is 1.74. The van der Waals surface area contributed by atoms with Crippen LogP contribution in [0.1, 0.15) is 38.5 Å². The summed E-state index contributed by atoms with van der Waals surface area (Å²) in [6.07, 6.45) is 12.1. The average molecular weight is 277 g/mol. The minimum absolute atomic E-state index is 0.0717. The van der Waals surface area contributed by atoms with Gasteiger partial charge >= 0.3 is 5.97 Å². The summed E-state index contributed by atoms with van der Waals surface area (Å²) in [7, 11) is 1.50. The molecule has 2 unspecified atom stereocenters. The second-order valence-electron chi connectivity index (χ2n) is 6.06. The van der Waals surface area contributed by atoms with Gasteiger partial charge in [-0.15, -0.1) is 0 Å². The second-order valence-corrected chi connectivity index (χ2v) is 6.06. The predicted molar refractivity (Wildman–Crippen MR) is 75.1 cm³/mol. The minimum atomic E-state index is -0.448. The molecule has 1 aromatic rings. The maximum atomic E-state index is 12.4. The van der Waals surface area contributed by atoms with Gasteiger partial charge in [0, 0.05) is 25.0 Å². The Morgan fingerprint density at radius 1 is 1.50 bits per heavy atom. The number of carbonyl (C=O) groups excluding carboxylic acids is 1. The third-order valence-corrected chi connectivity index (χ3v) is 4.70. The number of nitrogens with zero attached hydrogens (tertiary/aromatic N) is 2. The summed E-state index contributed by atoms with van der Waals surface area (Å²) >= 11 is 0. The fraction of sp³-hybridized carbons (Fsp3) is 0.733. The first-order valence-electron chi connectivity index (χ1n) is 7.56. The molecule has 2 saturated carbocycles. The van der Waals surface area contributed by atoms with Crippen molar-refractivity contribution < 1.29 is 9.53 Å². The summed E-state index contributed by atoms with van der Waals surface area (Å²) < 4.78 is 7.19. The van der Waals surface area contributed by atoms with E-state index in [9.17, 15) is 4.79 Å². The molecule has 110 valence electrons. The Labute approximate surface area is 119 Å². The molecule has 3 rings (SSSR count). The second kappa shape index (κ2) is 5.56. The number of aryl methyl sites for hydroxylation is 1. The van der Waals surface area contributed by atoms with Gasteiger partial charge in [-0.1, -0.05) is 6.42 Å². The third kappa shape index (κ3) is 2.59. The van der Waals surface area contributed by atoms with E-state index in [2.05, 4.69) is 14.9 Å². The number of hydrogen-bond acceptors (Lipinski definition) is 4. The summed E-state index contributed by atoms with van der Waals surface area (Å²) in [5, 5.41) is 3.60. The van der Waals surface area contributed by atoms with Crippen molar-refractivity contribution in [3.63, 3.8) is 0 Å². The third-order valence-electron chi connectivity index (χ3n) is 4.70. The molecule has 2 aliphatic rings. The Hall–Kier alpha value is -1.36. The zero-order valence-electron chi connectivity index (χ0n) is 12.0. The van der Waals surface area contributed by atoms with Crippen LogP contribution in [0.15, 0.2) is 18.7 Å². The van der Waals surface area contributed by atoms with E-state index in [1.165, 1.54) is 20.0 Å². The number of rotatable bonds is 6. The molecule has 0 aromatic carbocycles. The van der Waals surface area contributed by atoms with Gasteiger partial charge in [0.25, 0.3) is 0 Å². The van der Waals surface area contributed by atoms with Gasteiger partial charge < -0.3 is 9.30 Å². The largest absolute Gasteiger partial charge is 0.468 e. The first-order chi connectivity index (χ1) is 9.74. The van der Waals surface area contributed by atoms with Crippen molar-refractivity contribution in [2.75, 3.05) is 7.11 Å². The number of methoxy groups -OCH3 is 1. The highest BCUT2D eigenvalue weighted by Crippen LogP contribution is 2.41. The first-order valence-corrected chi connectivity index (χ1v) is 7.56. The number of ether oxygens (including phenoxy) is 1. The fourth-order valence-electron chi connectivity index (χ4n) is 3.48. The summed E-state index contributed by atoms with van der Waals surface area (Å²) in [5.74, 6) is 0.287. The molecular weight excluding hydrogens is 254 g/mol. The van der Waals surface area contributed by atoms with E-state index < -0.39 is 5.54 Å². The molecule has 20 heavy (non-hydrogen) atoms. The van der Waals surface area contributed by atoms with Crippen LogP contribution in [0.2, 0.25) is 0 Å². The van der Waals surface area contributed by atoms with E-state index in [4.69, 9.17) is 4.74 Å². The first kappa shape index (κ1) is 13.6. The van der Waals surface area contributed by atoms with Crippen LogP contribution in [-0.2, 0) is 16.1 Å². The zero-order chi connectivity index (χ0) is 14.0. The van der Waals surface area contributed by atoms with Gasteiger partial charge in [-0.2, -0.15) is 0 Å². The number of carbonyl (C=O) groups is 1. The van der Waals surface area contributed by atoms with Crippen molar-refractivity contribution in [2.45, 2.75) is 56.7 Å². The number of esters is 1. The van der Waals surface area contributed by atoms with Gasteiger partial charge in [-0.25, -0.2) is 4.98 Å². The van der Waals surface area contributed by atoms with Crippen LogP contribution in [0.3, 0.4) is 0 Å². The van der Waals surface area contributed by atoms with Crippen LogP contribution < -0.4 is 5.32 Å². The van der Waals surface area contributed by atoms with Gasteiger partial charge in [0.1, 0.15) is 5.54 Å². The summed E-state index contributed by atoms with van der Waals surface area (Å²) in [4.78, 5) is 16.4. The Morgan fingerprint density at radius 3 is 3.00 bits per heavy atom. The molecule has 5 heteroatoms. The quantitative estimate of drug-likeness (QED) is 0.805. The van der Waals surface area contributed by atoms with Crippen LogP contribution in [0.25, 0.3) is 0 Å². The molecule has 0 aliphatic heterocycles. The van der Waals surface area contributed by atoms with E-state index in [-0.39, 0.29) is 5.97 Å². The number of nitrogens with one attached hydrogen (secondary N) is 1. The highest BCUT2D eigenvalue weighted by atomic mass is 16.5. The molecule has 2 fully saturated rings. The molecular formula is C15H23N3O2. The Bertz CT molecular complexity index is 456. The number of hydrogen-bond donors (Lipinski definition) is 1. The lowest BCUT2D eigenvalue weighted by atomic mass is 9.84. The zero-order valence-corrected chi connectivity index (χ0v) is 12.0. The molecule has 2 atom stereocenters. The van der Waals surface area contributed by atoms with Crippen molar-refractivity contribution >= 4 is 5.97 Å². The SMILES string of the molecule is COC(=O)C1(NC2CC2)CCCC1CCn1ccnc1. The van der Waals surface area contributed by atoms with Crippen LogP contribution in [0.4, 0.5) is 0 Å². The molecule has 1 N–H and O–H groups in total. The van der Waals surface area contributed by atoms with E-state index in [0.29, 0.717) is 12.0 Å². The Balaban J connectivity index is 1.70. The highest BCUT2D eigenvalue weighted by molar-refractivity contribution is 5.81. The fourth-order valence-corrected chi connectivity index (χ4v) is 3.48. The van der Waals surface area contributed by atoms with Gasteiger partial charge in [-0.3, -0.25) is 10.1 Å². The normalized spacial score (nSPS) is 29.6. The molecule has 0 amide bonds. The molecule has 0 radical (unpaired) electrons. The topological polar surface area (TPSA) is 56.1 Å². The molecule has 1 heterocycles. The van der Waals surface area contributed by atoms with Gasteiger partial charge in [0.15, 0.2) is 0 Å².